The Morgan fingerprint density at radius 2 is 1.79 bits per heavy atom. The topological polar surface area (TPSA) is 71.8 Å². The number of hydrogen-bond acceptors (Lipinski definition) is 6. The molecule has 0 saturated heterocycles. The van der Waals surface area contributed by atoms with Gasteiger partial charge in [-0.1, -0.05) is 12.1 Å². The van der Waals surface area contributed by atoms with Crippen LogP contribution in [-0.2, 0) is 6.54 Å². The number of hydrogen-bond donors (Lipinski definition) is 0. The van der Waals surface area contributed by atoms with E-state index in [1.807, 2.05) is 38.1 Å². The van der Waals surface area contributed by atoms with E-state index in [0.29, 0.717) is 34.7 Å². The minimum atomic E-state index is -0.195. The van der Waals surface area contributed by atoms with E-state index >= 15 is 0 Å². The minimum Gasteiger partial charge on any atom is -0.493 e. The van der Waals surface area contributed by atoms with Crippen LogP contribution in [0.25, 0.3) is 10.9 Å². The zero-order valence-corrected chi connectivity index (χ0v) is 16.7. The lowest BCUT2D eigenvalue weighted by atomic mass is 10.1. The summed E-state index contributed by atoms with van der Waals surface area (Å²) in [6.07, 6.45) is 1.59. The first-order valence-electron chi connectivity index (χ1n) is 8.92. The predicted molar refractivity (Wildman–Crippen MR) is 107 cm³/mol. The highest BCUT2D eigenvalue weighted by Gasteiger charge is 2.19. The quantitative estimate of drug-likeness (QED) is 0.623. The molecule has 0 amide bonds. The molecule has 7 nitrogen and oxygen atoms in total. The summed E-state index contributed by atoms with van der Waals surface area (Å²) in [5.41, 5.74) is 1.17. The summed E-state index contributed by atoms with van der Waals surface area (Å²) < 4.78 is 23.4. The van der Waals surface area contributed by atoms with Gasteiger partial charge in [0.05, 0.1) is 45.7 Å². The van der Waals surface area contributed by atoms with E-state index in [1.165, 1.54) is 27.7 Å². The maximum absolute atomic E-state index is 13.1. The van der Waals surface area contributed by atoms with E-state index in [0.717, 1.165) is 11.3 Å². The third-order valence-electron chi connectivity index (χ3n) is 4.24. The van der Waals surface area contributed by atoms with Gasteiger partial charge in [-0.05, 0) is 37.6 Å². The average molecular weight is 384 g/mol. The molecular formula is C21H24N2O5. The Bertz CT molecular complexity index is 1040. The third kappa shape index (κ3) is 3.74. The molecule has 0 atom stereocenters. The first-order chi connectivity index (χ1) is 13.5. The van der Waals surface area contributed by atoms with E-state index in [-0.39, 0.29) is 11.7 Å². The van der Waals surface area contributed by atoms with Gasteiger partial charge in [0.1, 0.15) is 11.3 Å². The van der Waals surface area contributed by atoms with Crippen molar-refractivity contribution in [2.75, 3.05) is 21.3 Å². The van der Waals surface area contributed by atoms with Gasteiger partial charge < -0.3 is 18.9 Å². The third-order valence-corrected chi connectivity index (χ3v) is 4.24. The van der Waals surface area contributed by atoms with Crippen molar-refractivity contribution < 1.29 is 18.9 Å². The first-order valence-corrected chi connectivity index (χ1v) is 8.92. The summed E-state index contributed by atoms with van der Waals surface area (Å²) in [5.74, 6) is 1.95. The Hall–Kier alpha value is -3.22. The standard InChI is InChI=1S/C21H24N2O5/c1-13(2)28-15-8-6-7-14(9-15)11-23-12-22-18-16(21(23)24)10-17(25-3)19(26-4)20(18)27-5/h6-10,12-13H,11H2,1-5H3. The molecule has 3 rings (SSSR count). The summed E-state index contributed by atoms with van der Waals surface area (Å²) in [5, 5.41) is 0.395. The smallest absolute Gasteiger partial charge is 0.261 e. The van der Waals surface area contributed by atoms with Crippen molar-refractivity contribution >= 4 is 10.9 Å². The SMILES string of the molecule is COc1cc2c(=O)n(Cc3cccc(OC(C)C)c3)cnc2c(OC)c1OC. The molecule has 0 N–H and O–H groups in total. The van der Waals surface area contributed by atoms with Gasteiger partial charge in [-0.2, -0.15) is 0 Å². The highest BCUT2D eigenvalue weighted by Crippen LogP contribution is 2.41. The Kier molecular flexibility index (Phi) is 5.73. The van der Waals surface area contributed by atoms with Crippen LogP contribution in [-0.4, -0.2) is 37.0 Å². The van der Waals surface area contributed by atoms with Crippen LogP contribution in [0, 0.1) is 0 Å². The summed E-state index contributed by atoms with van der Waals surface area (Å²) >= 11 is 0. The van der Waals surface area contributed by atoms with E-state index < -0.39 is 0 Å². The normalized spacial score (nSPS) is 10.9. The number of rotatable bonds is 7. The lowest BCUT2D eigenvalue weighted by molar-refractivity contribution is 0.242. The van der Waals surface area contributed by atoms with E-state index in [4.69, 9.17) is 18.9 Å². The Morgan fingerprint density at radius 1 is 1.04 bits per heavy atom. The van der Waals surface area contributed by atoms with Crippen LogP contribution >= 0.6 is 0 Å². The van der Waals surface area contributed by atoms with Crippen molar-refractivity contribution in [3.05, 3.63) is 52.6 Å². The predicted octanol–water partition coefficient (Wildman–Crippen LogP) is 3.26. The summed E-state index contributed by atoms with van der Waals surface area (Å²) in [7, 11) is 4.53. The van der Waals surface area contributed by atoms with Crippen LogP contribution in [0.2, 0.25) is 0 Å². The maximum Gasteiger partial charge on any atom is 0.261 e. The molecule has 0 aliphatic carbocycles. The zero-order valence-electron chi connectivity index (χ0n) is 16.7. The molecule has 0 aliphatic rings. The molecule has 0 bridgehead atoms. The van der Waals surface area contributed by atoms with Gasteiger partial charge in [0, 0.05) is 0 Å². The second kappa shape index (κ2) is 8.21. The molecular weight excluding hydrogens is 360 g/mol. The first kappa shape index (κ1) is 19.5. The molecule has 0 unspecified atom stereocenters. The largest absolute Gasteiger partial charge is 0.493 e. The van der Waals surface area contributed by atoms with Crippen LogP contribution in [0.1, 0.15) is 19.4 Å². The van der Waals surface area contributed by atoms with Crippen LogP contribution in [0.4, 0.5) is 0 Å². The highest BCUT2D eigenvalue weighted by atomic mass is 16.5. The lowest BCUT2D eigenvalue weighted by Gasteiger charge is -2.15. The van der Waals surface area contributed by atoms with E-state index in [2.05, 4.69) is 4.98 Å². The Morgan fingerprint density at radius 3 is 2.43 bits per heavy atom. The van der Waals surface area contributed by atoms with Crippen LogP contribution in [0.15, 0.2) is 41.5 Å². The number of aromatic nitrogens is 2. The van der Waals surface area contributed by atoms with E-state index in [1.54, 1.807) is 10.6 Å². The molecule has 0 spiro atoms. The van der Waals surface area contributed by atoms with Crippen molar-refractivity contribution in [3.8, 4) is 23.0 Å². The molecule has 0 saturated carbocycles. The summed E-state index contributed by atoms with van der Waals surface area (Å²) in [6.45, 7) is 4.31. The van der Waals surface area contributed by atoms with Gasteiger partial charge in [0.25, 0.3) is 5.56 Å². The molecule has 0 aliphatic heterocycles. The lowest BCUT2D eigenvalue weighted by Crippen LogP contribution is -2.21. The highest BCUT2D eigenvalue weighted by molar-refractivity contribution is 5.89. The number of benzene rings is 2. The Labute approximate surface area is 163 Å². The number of fused-ring (bicyclic) bond motifs is 1. The fourth-order valence-corrected chi connectivity index (χ4v) is 3.07. The van der Waals surface area contributed by atoms with E-state index in [9.17, 15) is 4.79 Å². The van der Waals surface area contributed by atoms with Crippen molar-refractivity contribution in [2.45, 2.75) is 26.5 Å². The molecule has 28 heavy (non-hydrogen) atoms. The average Bonchev–Trinajstić information content (AvgIpc) is 2.68. The molecule has 2 aromatic carbocycles. The van der Waals surface area contributed by atoms with Crippen molar-refractivity contribution in [2.24, 2.45) is 0 Å². The number of nitrogens with zero attached hydrogens (tertiary/aromatic N) is 2. The van der Waals surface area contributed by atoms with Gasteiger partial charge in [-0.25, -0.2) is 4.98 Å². The molecule has 0 fully saturated rings. The van der Waals surface area contributed by atoms with Crippen LogP contribution < -0.4 is 24.5 Å². The molecule has 3 aromatic rings. The second-order valence-corrected chi connectivity index (χ2v) is 6.53. The van der Waals surface area contributed by atoms with Gasteiger partial charge >= 0.3 is 0 Å². The molecule has 0 radical (unpaired) electrons. The zero-order chi connectivity index (χ0) is 20.3. The molecule has 7 heteroatoms. The van der Waals surface area contributed by atoms with Crippen LogP contribution in [0.5, 0.6) is 23.0 Å². The van der Waals surface area contributed by atoms with Gasteiger partial charge in [0.15, 0.2) is 11.5 Å². The van der Waals surface area contributed by atoms with Crippen molar-refractivity contribution in [1.29, 1.82) is 0 Å². The van der Waals surface area contributed by atoms with Crippen molar-refractivity contribution in [1.82, 2.24) is 9.55 Å². The fraction of sp³-hybridized carbons (Fsp3) is 0.333. The van der Waals surface area contributed by atoms with Crippen LogP contribution in [0.3, 0.4) is 0 Å². The number of ether oxygens (including phenoxy) is 4. The Balaban J connectivity index is 2.07. The van der Waals surface area contributed by atoms with Gasteiger partial charge in [-0.15, -0.1) is 0 Å². The van der Waals surface area contributed by atoms with Gasteiger partial charge in [0.2, 0.25) is 5.75 Å². The minimum absolute atomic E-state index is 0.0789. The number of methoxy groups -OCH3 is 3. The monoisotopic (exact) mass is 384 g/mol. The molecule has 1 heterocycles. The van der Waals surface area contributed by atoms with Gasteiger partial charge in [-0.3, -0.25) is 9.36 Å². The van der Waals surface area contributed by atoms with Crippen molar-refractivity contribution in [3.63, 3.8) is 0 Å². The summed E-state index contributed by atoms with van der Waals surface area (Å²) in [6, 6.07) is 9.29. The second-order valence-electron chi connectivity index (χ2n) is 6.53. The maximum atomic E-state index is 13.1. The fourth-order valence-electron chi connectivity index (χ4n) is 3.07. The summed E-state index contributed by atoms with van der Waals surface area (Å²) in [4.78, 5) is 17.5. The molecule has 1 aromatic heterocycles. The molecule has 148 valence electrons.